The van der Waals surface area contributed by atoms with Gasteiger partial charge in [0.05, 0.1) is 24.1 Å². The van der Waals surface area contributed by atoms with E-state index in [1.54, 1.807) is 21.3 Å². The largest absolute Gasteiger partial charge is 0.355 e. The van der Waals surface area contributed by atoms with Crippen molar-refractivity contribution in [3.63, 3.8) is 0 Å². The molecule has 1 fully saturated rings. The van der Waals surface area contributed by atoms with Crippen molar-refractivity contribution in [2.45, 2.75) is 31.7 Å². The zero-order chi connectivity index (χ0) is 26.0. The van der Waals surface area contributed by atoms with E-state index in [0.29, 0.717) is 19.1 Å². The molecular formula is C27H39FIN7O2. The van der Waals surface area contributed by atoms with E-state index in [9.17, 15) is 4.39 Å². The number of hydrogen-bond acceptors (Lipinski definition) is 6. The molecule has 1 aliphatic heterocycles. The van der Waals surface area contributed by atoms with E-state index >= 15 is 0 Å². The molecule has 0 radical (unpaired) electrons. The number of nitrogens with one attached hydrogen (secondary N) is 3. The van der Waals surface area contributed by atoms with Crippen LogP contribution < -0.4 is 16.0 Å². The smallest absolute Gasteiger partial charge is 0.204 e. The van der Waals surface area contributed by atoms with Crippen LogP contribution >= 0.6 is 24.0 Å². The molecule has 9 nitrogen and oxygen atoms in total. The number of hydrogen-bond donors (Lipinski definition) is 3. The number of benzene rings is 2. The maximum Gasteiger partial charge on any atom is 0.204 e. The van der Waals surface area contributed by atoms with Crippen molar-refractivity contribution < 1.29 is 13.9 Å². The Morgan fingerprint density at radius 1 is 1.08 bits per heavy atom. The lowest BCUT2D eigenvalue weighted by molar-refractivity contribution is -0.0966. The summed E-state index contributed by atoms with van der Waals surface area (Å²) in [5.74, 6) is 1.38. The maximum absolute atomic E-state index is 13.4. The van der Waals surface area contributed by atoms with Gasteiger partial charge in [0.25, 0.3) is 0 Å². The number of guanidine groups is 1. The number of methoxy groups -OCH3 is 2. The van der Waals surface area contributed by atoms with Crippen molar-refractivity contribution in [3.8, 4) is 0 Å². The van der Waals surface area contributed by atoms with Gasteiger partial charge in [0.1, 0.15) is 5.82 Å². The number of rotatable bonds is 11. The first kappa shape index (κ1) is 30.1. The van der Waals surface area contributed by atoms with E-state index in [1.165, 1.54) is 12.1 Å². The zero-order valence-electron chi connectivity index (χ0n) is 22.3. The first-order chi connectivity index (χ1) is 18.1. The third-order valence-electron chi connectivity index (χ3n) is 6.74. The highest BCUT2D eigenvalue weighted by Crippen LogP contribution is 2.24. The number of aromatic nitrogens is 2. The number of likely N-dealkylation sites (tertiary alicyclic amines) is 1. The third-order valence-corrected chi connectivity index (χ3v) is 6.74. The fraction of sp³-hybridized carbons (Fsp3) is 0.481. The number of fused-ring (bicyclic) bond motifs is 1. The lowest BCUT2D eigenvalue weighted by atomic mass is 10.1. The highest BCUT2D eigenvalue weighted by molar-refractivity contribution is 14.0. The normalized spacial score (nSPS) is 15.0. The summed E-state index contributed by atoms with van der Waals surface area (Å²) in [7, 11) is 4.99. The Balaban J connectivity index is 0.00000400. The molecule has 11 heteroatoms. The molecule has 1 aliphatic rings. The fourth-order valence-electron chi connectivity index (χ4n) is 4.60. The van der Waals surface area contributed by atoms with Crippen molar-refractivity contribution in [1.29, 1.82) is 0 Å². The number of piperidine rings is 1. The van der Waals surface area contributed by atoms with Crippen LogP contribution in [0, 0.1) is 5.82 Å². The standard InChI is InChI=1S/C27H38FN7O2.HI/c1-29-26(31-18-25(36-2)37-3)30-14-17-34-15-12-22(13-16-34)32-27-33-23-6-4-5-7-24(23)35(27)19-20-8-10-21(28)11-9-20;/h4-11,22,25H,12-19H2,1-3H3,(H,32,33)(H2,29,30,31);1H. The minimum Gasteiger partial charge on any atom is -0.355 e. The number of para-hydroxylation sites is 2. The summed E-state index contributed by atoms with van der Waals surface area (Å²) in [4.78, 5) is 11.6. The Morgan fingerprint density at radius 3 is 2.47 bits per heavy atom. The van der Waals surface area contributed by atoms with Gasteiger partial charge in [-0.15, -0.1) is 24.0 Å². The van der Waals surface area contributed by atoms with Crippen LogP contribution in [0.4, 0.5) is 10.3 Å². The summed E-state index contributed by atoms with van der Waals surface area (Å²) in [6, 6.07) is 15.2. The fourth-order valence-corrected chi connectivity index (χ4v) is 4.60. The summed E-state index contributed by atoms with van der Waals surface area (Å²) in [5.41, 5.74) is 3.07. The monoisotopic (exact) mass is 639 g/mol. The van der Waals surface area contributed by atoms with E-state index in [4.69, 9.17) is 14.5 Å². The SMILES string of the molecule is CN=C(NCCN1CCC(Nc2nc3ccccc3n2Cc2ccc(F)cc2)CC1)NCC(OC)OC.I. The number of halogens is 2. The zero-order valence-corrected chi connectivity index (χ0v) is 24.7. The Bertz CT molecular complexity index is 1150. The molecule has 4 rings (SSSR count). The molecule has 0 amide bonds. The second kappa shape index (κ2) is 15.2. The Kier molecular flexibility index (Phi) is 12.0. The Morgan fingerprint density at radius 2 is 1.79 bits per heavy atom. The maximum atomic E-state index is 13.4. The van der Waals surface area contributed by atoms with Gasteiger partial charge in [-0.05, 0) is 42.7 Å². The van der Waals surface area contributed by atoms with Crippen LogP contribution in [0.15, 0.2) is 53.5 Å². The average Bonchev–Trinajstić information content (AvgIpc) is 3.27. The first-order valence-electron chi connectivity index (χ1n) is 12.8. The van der Waals surface area contributed by atoms with E-state index in [1.807, 2.05) is 30.3 Å². The molecule has 1 aromatic heterocycles. The van der Waals surface area contributed by atoms with E-state index in [0.717, 1.165) is 67.5 Å². The van der Waals surface area contributed by atoms with Crippen LogP contribution in [0.5, 0.6) is 0 Å². The number of aliphatic imine (C=N–C) groups is 1. The van der Waals surface area contributed by atoms with Crippen LogP contribution in [0.25, 0.3) is 11.0 Å². The van der Waals surface area contributed by atoms with Gasteiger partial charge in [0, 0.05) is 53.5 Å². The van der Waals surface area contributed by atoms with Gasteiger partial charge in [-0.25, -0.2) is 9.37 Å². The summed E-state index contributed by atoms with van der Waals surface area (Å²) in [5, 5.41) is 10.3. The van der Waals surface area contributed by atoms with Gasteiger partial charge in [-0.2, -0.15) is 0 Å². The molecular weight excluding hydrogens is 600 g/mol. The van der Waals surface area contributed by atoms with Crippen LogP contribution in [0.1, 0.15) is 18.4 Å². The van der Waals surface area contributed by atoms with Crippen molar-refractivity contribution >= 4 is 46.9 Å². The first-order valence-corrected chi connectivity index (χ1v) is 12.8. The predicted molar refractivity (Wildman–Crippen MR) is 161 cm³/mol. The number of nitrogens with zero attached hydrogens (tertiary/aromatic N) is 4. The lowest BCUT2D eigenvalue weighted by Gasteiger charge is -2.32. The molecule has 38 heavy (non-hydrogen) atoms. The minimum atomic E-state index is -0.311. The molecule has 2 aromatic carbocycles. The van der Waals surface area contributed by atoms with Gasteiger partial charge >= 0.3 is 0 Å². The molecule has 3 N–H and O–H groups in total. The van der Waals surface area contributed by atoms with Crippen molar-refractivity contribution in [3.05, 3.63) is 59.9 Å². The third kappa shape index (κ3) is 8.26. The van der Waals surface area contributed by atoms with Crippen LogP contribution in [0.3, 0.4) is 0 Å². The summed E-state index contributed by atoms with van der Waals surface area (Å²) in [6.45, 7) is 4.93. The number of ether oxygens (including phenoxy) is 2. The van der Waals surface area contributed by atoms with Crippen molar-refractivity contribution in [1.82, 2.24) is 25.1 Å². The predicted octanol–water partition coefficient (Wildman–Crippen LogP) is 3.50. The molecule has 3 aromatic rings. The van der Waals surface area contributed by atoms with Crippen LogP contribution in [-0.2, 0) is 16.0 Å². The van der Waals surface area contributed by atoms with Crippen molar-refractivity contribution in [2.75, 3.05) is 59.3 Å². The number of anilines is 1. The topological polar surface area (TPSA) is 88.0 Å². The molecule has 2 heterocycles. The molecule has 0 spiro atoms. The average molecular weight is 640 g/mol. The Hall–Kier alpha value is -2.48. The highest BCUT2D eigenvalue weighted by atomic mass is 127. The minimum absolute atomic E-state index is 0. The van der Waals surface area contributed by atoms with Gasteiger partial charge < -0.3 is 34.9 Å². The molecule has 0 bridgehead atoms. The van der Waals surface area contributed by atoms with Gasteiger partial charge in [-0.1, -0.05) is 24.3 Å². The molecule has 208 valence electrons. The molecule has 0 aliphatic carbocycles. The second-order valence-electron chi connectivity index (χ2n) is 9.18. The van der Waals surface area contributed by atoms with Crippen molar-refractivity contribution in [2.24, 2.45) is 4.99 Å². The summed E-state index contributed by atoms with van der Waals surface area (Å²) < 4.78 is 26.0. The van der Waals surface area contributed by atoms with Gasteiger partial charge in [-0.3, -0.25) is 4.99 Å². The molecule has 0 saturated carbocycles. The van der Waals surface area contributed by atoms with Gasteiger partial charge in [0.2, 0.25) is 5.95 Å². The highest BCUT2D eigenvalue weighted by Gasteiger charge is 2.21. The van der Waals surface area contributed by atoms with E-state index in [2.05, 4.69) is 36.5 Å². The van der Waals surface area contributed by atoms with E-state index < -0.39 is 0 Å². The molecule has 1 saturated heterocycles. The Labute approximate surface area is 241 Å². The van der Waals surface area contributed by atoms with E-state index in [-0.39, 0.29) is 36.1 Å². The van der Waals surface area contributed by atoms with Crippen LogP contribution in [0.2, 0.25) is 0 Å². The molecule has 0 unspecified atom stereocenters. The number of imidazole rings is 1. The molecule has 0 atom stereocenters. The lowest BCUT2D eigenvalue weighted by Crippen LogP contribution is -2.46. The van der Waals surface area contributed by atoms with Crippen LogP contribution in [-0.4, -0.2) is 86.7 Å². The second-order valence-corrected chi connectivity index (χ2v) is 9.18. The summed E-state index contributed by atoms with van der Waals surface area (Å²) >= 11 is 0. The quantitative estimate of drug-likeness (QED) is 0.128. The van der Waals surface area contributed by atoms with Gasteiger partial charge in [0.15, 0.2) is 12.2 Å². The summed E-state index contributed by atoms with van der Waals surface area (Å²) in [6.07, 6.45) is 1.76.